The first-order valence-corrected chi connectivity index (χ1v) is 10.0. The molecule has 0 amide bonds. The van der Waals surface area contributed by atoms with Gasteiger partial charge in [-0.2, -0.15) is 0 Å². The molecule has 0 heterocycles. The van der Waals surface area contributed by atoms with Crippen molar-refractivity contribution in [3.05, 3.63) is 113 Å². The topological polar surface area (TPSA) is 46.2 Å². The van der Waals surface area contributed by atoms with Crippen molar-refractivity contribution in [1.29, 1.82) is 0 Å². The maximum Gasteiger partial charge on any atom is 0.233 e. The molecule has 0 aliphatic heterocycles. The van der Waals surface area contributed by atoms with Crippen molar-refractivity contribution in [3.63, 3.8) is 0 Å². The molecule has 0 aliphatic carbocycles. The highest BCUT2D eigenvalue weighted by atomic mass is 32.2. The van der Waals surface area contributed by atoms with Crippen LogP contribution in [0.4, 0.5) is 0 Å². The molecule has 3 rings (SSSR count). The zero-order valence-electron chi connectivity index (χ0n) is 14.3. The summed E-state index contributed by atoms with van der Waals surface area (Å²) in [7, 11) is -3.52. The zero-order valence-corrected chi connectivity index (χ0v) is 15.1. The molecule has 0 bridgehead atoms. The Bertz CT molecular complexity index is 898. The fourth-order valence-electron chi connectivity index (χ4n) is 2.78. The van der Waals surface area contributed by atoms with E-state index in [4.69, 9.17) is 0 Å². The van der Waals surface area contributed by atoms with Crippen LogP contribution in [-0.4, -0.2) is 15.0 Å². The molecule has 0 fully saturated rings. The minimum absolute atomic E-state index is 0.0442. The van der Waals surface area contributed by atoms with Gasteiger partial charge in [0.25, 0.3) is 0 Å². The first kappa shape index (κ1) is 18.1. The van der Waals surface area contributed by atoms with E-state index in [1.165, 1.54) is 5.41 Å². The highest BCUT2D eigenvalue weighted by Crippen LogP contribution is 2.24. The number of hydrogen-bond donors (Lipinski definition) is 1. The van der Waals surface area contributed by atoms with Crippen LogP contribution in [0.3, 0.4) is 0 Å². The van der Waals surface area contributed by atoms with E-state index in [9.17, 15) is 8.42 Å². The molecule has 3 nitrogen and oxygen atoms in total. The molecule has 0 aliphatic rings. The number of nitrogens with one attached hydrogen (secondary N) is 1. The highest BCUT2D eigenvalue weighted by molar-refractivity contribution is 7.92. The third-order valence-electron chi connectivity index (χ3n) is 4.13. The lowest BCUT2D eigenvalue weighted by molar-refractivity contribution is 0.587. The van der Waals surface area contributed by atoms with Gasteiger partial charge in [0.05, 0.1) is 0 Å². The smallest absolute Gasteiger partial charge is 0.211 e. The highest BCUT2D eigenvalue weighted by Gasteiger charge is 2.16. The quantitative estimate of drug-likeness (QED) is 0.676. The van der Waals surface area contributed by atoms with Crippen LogP contribution in [0.25, 0.3) is 6.08 Å². The van der Waals surface area contributed by atoms with Crippen molar-refractivity contribution in [2.24, 2.45) is 0 Å². The Morgan fingerprint density at radius 3 is 1.69 bits per heavy atom. The largest absolute Gasteiger partial charge is 0.233 e. The molecule has 0 unspecified atom stereocenters. The summed E-state index contributed by atoms with van der Waals surface area (Å²) < 4.78 is 27.5. The first-order chi connectivity index (χ1) is 12.6. The zero-order chi connectivity index (χ0) is 18.2. The fraction of sp³-hybridized carbons (Fsp3) is 0.0909. The second-order valence-corrected chi connectivity index (χ2v) is 7.63. The van der Waals surface area contributed by atoms with Gasteiger partial charge in [0.1, 0.15) is 0 Å². The maximum absolute atomic E-state index is 12.4. The van der Waals surface area contributed by atoms with Gasteiger partial charge in [-0.15, -0.1) is 0 Å². The molecular formula is C22H21NO2S. The van der Waals surface area contributed by atoms with Crippen LogP contribution < -0.4 is 4.72 Å². The Morgan fingerprint density at radius 2 is 1.19 bits per heavy atom. The number of sulfonamides is 1. The van der Waals surface area contributed by atoms with Crippen LogP contribution in [0.1, 0.15) is 22.6 Å². The van der Waals surface area contributed by atoms with Gasteiger partial charge in [-0.1, -0.05) is 91.0 Å². The molecule has 132 valence electrons. The van der Waals surface area contributed by atoms with Crippen molar-refractivity contribution in [2.75, 3.05) is 6.54 Å². The lowest BCUT2D eigenvalue weighted by Crippen LogP contribution is -2.27. The van der Waals surface area contributed by atoms with Crippen LogP contribution in [0.5, 0.6) is 0 Å². The predicted molar refractivity (Wildman–Crippen MR) is 107 cm³/mol. The van der Waals surface area contributed by atoms with Crippen molar-refractivity contribution in [2.45, 2.75) is 5.92 Å². The van der Waals surface area contributed by atoms with Gasteiger partial charge in [-0.05, 0) is 22.8 Å². The summed E-state index contributed by atoms with van der Waals surface area (Å²) in [6.07, 6.45) is 1.60. The van der Waals surface area contributed by atoms with E-state index in [-0.39, 0.29) is 5.92 Å². The SMILES string of the molecule is O=S(=O)(/C=C/c1ccccc1)NCC(c1ccccc1)c1ccccc1. The van der Waals surface area contributed by atoms with Crippen LogP contribution in [-0.2, 0) is 10.0 Å². The monoisotopic (exact) mass is 363 g/mol. The normalized spacial score (nSPS) is 11.9. The van der Waals surface area contributed by atoms with Gasteiger partial charge < -0.3 is 0 Å². The molecule has 4 heteroatoms. The summed E-state index contributed by atoms with van der Waals surface area (Å²) in [6, 6.07) is 29.2. The van der Waals surface area contributed by atoms with E-state index >= 15 is 0 Å². The van der Waals surface area contributed by atoms with Crippen LogP contribution in [0.2, 0.25) is 0 Å². The Labute approximate surface area is 155 Å². The van der Waals surface area contributed by atoms with Crippen molar-refractivity contribution in [3.8, 4) is 0 Å². The minimum Gasteiger partial charge on any atom is -0.211 e. The van der Waals surface area contributed by atoms with Crippen LogP contribution >= 0.6 is 0 Å². The number of rotatable bonds is 7. The Balaban J connectivity index is 1.76. The molecule has 0 aromatic heterocycles. The van der Waals surface area contributed by atoms with Gasteiger partial charge in [0.2, 0.25) is 10.0 Å². The summed E-state index contributed by atoms with van der Waals surface area (Å²) in [5.74, 6) is -0.0442. The molecule has 0 radical (unpaired) electrons. The molecule has 0 saturated carbocycles. The van der Waals surface area contributed by atoms with Crippen LogP contribution in [0, 0.1) is 0 Å². The summed E-state index contributed by atoms with van der Waals surface area (Å²) in [5, 5.41) is 1.22. The van der Waals surface area contributed by atoms with Crippen molar-refractivity contribution < 1.29 is 8.42 Å². The van der Waals surface area contributed by atoms with E-state index in [2.05, 4.69) is 4.72 Å². The number of hydrogen-bond acceptors (Lipinski definition) is 2. The molecule has 1 N–H and O–H groups in total. The lowest BCUT2D eigenvalue weighted by Gasteiger charge is -2.18. The molecule has 0 atom stereocenters. The van der Waals surface area contributed by atoms with E-state index in [1.807, 2.05) is 91.0 Å². The van der Waals surface area contributed by atoms with Gasteiger partial charge in [0, 0.05) is 17.9 Å². The van der Waals surface area contributed by atoms with Crippen molar-refractivity contribution >= 4 is 16.1 Å². The average molecular weight is 363 g/mol. The van der Waals surface area contributed by atoms with Gasteiger partial charge in [0.15, 0.2) is 0 Å². The predicted octanol–water partition coefficient (Wildman–Crippen LogP) is 4.41. The molecule has 3 aromatic carbocycles. The van der Waals surface area contributed by atoms with Gasteiger partial charge in [-0.25, -0.2) is 13.1 Å². The third kappa shape index (κ3) is 5.15. The Hall–Kier alpha value is -2.69. The minimum atomic E-state index is -3.52. The first-order valence-electron chi connectivity index (χ1n) is 8.47. The number of benzene rings is 3. The Kier molecular flexibility index (Phi) is 6.00. The second kappa shape index (κ2) is 8.61. The molecule has 26 heavy (non-hydrogen) atoms. The van der Waals surface area contributed by atoms with Gasteiger partial charge in [-0.3, -0.25) is 0 Å². The fourth-order valence-corrected chi connectivity index (χ4v) is 3.61. The second-order valence-electron chi connectivity index (χ2n) is 5.98. The lowest BCUT2D eigenvalue weighted by atomic mass is 9.92. The van der Waals surface area contributed by atoms with Crippen LogP contribution in [0.15, 0.2) is 96.4 Å². The summed E-state index contributed by atoms with van der Waals surface area (Å²) in [6.45, 7) is 0.301. The summed E-state index contributed by atoms with van der Waals surface area (Å²) in [4.78, 5) is 0. The molecule has 3 aromatic rings. The summed E-state index contributed by atoms with van der Waals surface area (Å²) in [5.41, 5.74) is 3.00. The summed E-state index contributed by atoms with van der Waals surface area (Å²) >= 11 is 0. The van der Waals surface area contributed by atoms with E-state index in [0.29, 0.717) is 6.54 Å². The standard InChI is InChI=1S/C22H21NO2S/c24-26(25,17-16-19-10-4-1-5-11-19)23-18-22(20-12-6-2-7-13-20)21-14-8-3-9-15-21/h1-17,22-23H,18H2/b17-16+. The molecule has 0 saturated heterocycles. The average Bonchev–Trinajstić information content (AvgIpc) is 2.69. The molecule has 0 spiro atoms. The van der Waals surface area contributed by atoms with E-state index in [0.717, 1.165) is 16.7 Å². The van der Waals surface area contributed by atoms with E-state index < -0.39 is 10.0 Å². The molecular weight excluding hydrogens is 342 g/mol. The Morgan fingerprint density at radius 1 is 0.731 bits per heavy atom. The van der Waals surface area contributed by atoms with E-state index in [1.54, 1.807) is 6.08 Å². The van der Waals surface area contributed by atoms with Gasteiger partial charge >= 0.3 is 0 Å². The third-order valence-corrected chi connectivity index (χ3v) is 5.20. The van der Waals surface area contributed by atoms with Crippen molar-refractivity contribution in [1.82, 2.24) is 4.72 Å². The maximum atomic E-state index is 12.4.